The fraction of sp³-hybridized carbons (Fsp3) is 0.0649. The number of anilines is 6. The van der Waals surface area contributed by atoms with Crippen molar-refractivity contribution in [3.05, 3.63) is 324 Å². The fourth-order valence-corrected chi connectivity index (χ4v) is 14.3. The second-order valence-corrected chi connectivity index (χ2v) is 22.4. The number of hydrogen-bond acceptors (Lipinski definition) is 2. The lowest BCUT2D eigenvalue weighted by atomic mass is 9.70. The summed E-state index contributed by atoms with van der Waals surface area (Å²) in [6.45, 7) is 4.76. The first kappa shape index (κ1) is 45.4. The van der Waals surface area contributed by atoms with E-state index in [1.54, 1.807) is 0 Å². The van der Waals surface area contributed by atoms with Crippen LogP contribution in [-0.2, 0) is 17.3 Å². The molecule has 79 heavy (non-hydrogen) atoms. The van der Waals surface area contributed by atoms with Gasteiger partial charge in [0.1, 0.15) is 0 Å². The standard InChI is InChI=1S/C77H54N2/c1-76(2)70-32-15-11-28-64(70)68-41-38-59(49-74(68)76)79(57-26-19-23-51(43-57)50-20-5-3-6-21-50)61-45-54(44-60(48-61)78(56-24-7-4-8-25-56)58-37-40-63-55(46-58)42-53-22-9-10-27-62(53)63)52-36-39-69-67-31-14-18-35-73(67)77(75(69)47-52)71-33-16-12-29-65(71)66-30-13-17-34-72(66)77/h3-41,43-49H,42H2,1-2H3. The third-order valence-corrected chi connectivity index (χ3v) is 17.8. The topological polar surface area (TPSA) is 6.48 Å². The van der Waals surface area contributed by atoms with Gasteiger partial charge in [0, 0.05) is 39.5 Å². The van der Waals surface area contributed by atoms with Crippen molar-refractivity contribution in [2.24, 2.45) is 0 Å². The van der Waals surface area contributed by atoms with Crippen LogP contribution in [0.25, 0.3) is 66.8 Å². The molecule has 372 valence electrons. The molecule has 0 heterocycles. The molecule has 0 aromatic heterocycles. The van der Waals surface area contributed by atoms with Gasteiger partial charge >= 0.3 is 0 Å². The molecule has 0 atom stereocenters. The highest BCUT2D eigenvalue weighted by molar-refractivity contribution is 5.97. The summed E-state index contributed by atoms with van der Waals surface area (Å²) in [5, 5.41) is 0. The van der Waals surface area contributed by atoms with E-state index in [-0.39, 0.29) is 5.41 Å². The molecule has 0 saturated heterocycles. The summed E-state index contributed by atoms with van der Waals surface area (Å²) in [5.41, 5.74) is 31.7. The molecule has 0 radical (unpaired) electrons. The Kier molecular flexibility index (Phi) is 10.00. The summed E-state index contributed by atoms with van der Waals surface area (Å²) in [6, 6.07) is 105. The Bertz CT molecular complexity index is 4390. The number of benzene rings is 12. The molecule has 0 fully saturated rings. The van der Waals surface area contributed by atoms with Gasteiger partial charge in [0.15, 0.2) is 0 Å². The van der Waals surface area contributed by atoms with E-state index in [0.29, 0.717) is 0 Å². The lowest BCUT2D eigenvalue weighted by Crippen LogP contribution is -2.25. The Balaban J connectivity index is 0.962. The highest BCUT2D eigenvalue weighted by Gasteiger charge is 2.51. The molecule has 0 N–H and O–H groups in total. The molecule has 4 aliphatic rings. The first-order valence-corrected chi connectivity index (χ1v) is 27.8. The maximum absolute atomic E-state index is 2.53. The van der Waals surface area contributed by atoms with Crippen LogP contribution in [-0.4, -0.2) is 0 Å². The van der Waals surface area contributed by atoms with E-state index in [2.05, 4.69) is 303 Å². The zero-order valence-corrected chi connectivity index (χ0v) is 44.2. The summed E-state index contributed by atoms with van der Waals surface area (Å²) in [6.07, 6.45) is 0.906. The Morgan fingerprint density at radius 3 is 1.34 bits per heavy atom. The van der Waals surface area contributed by atoms with Gasteiger partial charge in [0.25, 0.3) is 0 Å². The molecule has 0 aliphatic heterocycles. The minimum Gasteiger partial charge on any atom is -0.310 e. The maximum atomic E-state index is 2.53. The van der Waals surface area contributed by atoms with Crippen molar-refractivity contribution >= 4 is 34.1 Å². The fourth-order valence-electron chi connectivity index (χ4n) is 14.3. The minimum absolute atomic E-state index is 0.195. The van der Waals surface area contributed by atoms with Gasteiger partial charge in [0.2, 0.25) is 0 Å². The Hall–Kier alpha value is -9.76. The van der Waals surface area contributed by atoms with Gasteiger partial charge in [-0.25, -0.2) is 0 Å². The van der Waals surface area contributed by atoms with Gasteiger partial charge in [-0.1, -0.05) is 220 Å². The van der Waals surface area contributed by atoms with Crippen LogP contribution in [0.2, 0.25) is 0 Å². The predicted octanol–water partition coefficient (Wildman–Crippen LogP) is 20.2. The van der Waals surface area contributed by atoms with Crippen molar-refractivity contribution < 1.29 is 0 Å². The van der Waals surface area contributed by atoms with Crippen LogP contribution in [0.3, 0.4) is 0 Å². The van der Waals surface area contributed by atoms with Crippen molar-refractivity contribution in [2.45, 2.75) is 31.1 Å². The lowest BCUT2D eigenvalue weighted by Gasteiger charge is -2.32. The van der Waals surface area contributed by atoms with Gasteiger partial charge in [-0.15, -0.1) is 0 Å². The number of hydrogen-bond donors (Lipinski definition) is 0. The molecule has 0 bridgehead atoms. The molecule has 12 aromatic carbocycles. The summed E-state index contributed by atoms with van der Waals surface area (Å²) in [7, 11) is 0. The zero-order valence-electron chi connectivity index (χ0n) is 44.2. The summed E-state index contributed by atoms with van der Waals surface area (Å²) in [5.74, 6) is 0. The SMILES string of the molecule is CC1(C)c2ccccc2-c2ccc(N(c3cccc(-c4ccccc4)c3)c3cc(-c4ccc5c(c4)C4(c6ccccc6-c6ccccc64)c4ccccc4-5)cc(N(c4ccccc4)c4ccc5c(c4)Cc4ccccc4-5)c3)cc21. The van der Waals surface area contributed by atoms with Crippen LogP contribution in [0.5, 0.6) is 0 Å². The van der Waals surface area contributed by atoms with Gasteiger partial charge < -0.3 is 9.80 Å². The van der Waals surface area contributed by atoms with Gasteiger partial charge in [-0.05, 0) is 190 Å². The Labute approximate surface area is 462 Å². The Morgan fingerprint density at radius 2 is 0.671 bits per heavy atom. The molecule has 0 unspecified atom stereocenters. The summed E-state index contributed by atoms with van der Waals surface area (Å²) >= 11 is 0. The average molecular weight is 1010 g/mol. The van der Waals surface area contributed by atoms with Crippen molar-refractivity contribution in [3.63, 3.8) is 0 Å². The normalized spacial score (nSPS) is 13.8. The number of para-hydroxylation sites is 1. The van der Waals surface area contributed by atoms with E-state index < -0.39 is 5.41 Å². The van der Waals surface area contributed by atoms with E-state index in [1.807, 2.05) is 0 Å². The molecule has 1 spiro atoms. The van der Waals surface area contributed by atoms with Crippen molar-refractivity contribution in [3.8, 4) is 66.8 Å². The zero-order chi connectivity index (χ0) is 52.4. The number of rotatable bonds is 8. The van der Waals surface area contributed by atoms with Crippen molar-refractivity contribution in [1.82, 2.24) is 0 Å². The second kappa shape index (κ2) is 17.4. The van der Waals surface area contributed by atoms with Crippen molar-refractivity contribution in [1.29, 1.82) is 0 Å². The van der Waals surface area contributed by atoms with Crippen LogP contribution >= 0.6 is 0 Å². The van der Waals surface area contributed by atoms with Crippen LogP contribution in [0, 0.1) is 0 Å². The predicted molar refractivity (Wildman–Crippen MR) is 329 cm³/mol. The van der Waals surface area contributed by atoms with Crippen molar-refractivity contribution in [2.75, 3.05) is 9.80 Å². The Morgan fingerprint density at radius 1 is 0.241 bits per heavy atom. The minimum atomic E-state index is -0.480. The molecule has 0 saturated carbocycles. The third-order valence-electron chi connectivity index (χ3n) is 17.8. The third kappa shape index (κ3) is 6.77. The summed E-state index contributed by atoms with van der Waals surface area (Å²) < 4.78 is 0. The number of fused-ring (bicyclic) bond motifs is 16. The van der Waals surface area contributed by atoms with E-state index in [0.717, 1.165) is 51.7 Å². The van der Waals surface area contributed by atoms with Crippen LogP contribution in [0.1, 0.15) is 58.4 Å². The van der Waals surface area contributed by atoms with E-state index >= 15 is 0 Å². The lowest BCUT2D eigenvalue weighted by molar-refractivity contribution is 0.660. The maximum Gasteiger partial charge on any atom is 0.0725 e. The molecular weight excluding hydrogens is 953 g/mol. The largest absolute Gasteiger partial charge is 0.310 e. The molecule has 0 amide bonds. The first-order valence-electron chi connectivity index (χ1n) is 27.8. The monoisotopic (exact) mass is 1010 g/mol. The quantitative estimate of drug-likeness (QED) is 0.150. The number of nitrogens with zero attached hydrogens (tertiary/aromatic N) is 2. The van der Waals surface area contributed by atoms with E-state index in [1.165, 1.54) is 100 Å². The molecule has 4 aliphatic carbocycles. The molecule has 16 rings (SSSR count). The summed E-state index contributed by atoms with van der Waals surface area (Å²) in [4.78, 5) is 4.99. The molecular formula is C77H54N2. The molecule has 2 nitrogen and oxygen atoms in total. The first-order chi connectivity index (χ1) is 38.9. The van der Waals surface area contributed by atoms with Crippen LogP contribution in [0.4, 0.5) is 34.1 Å². The van der Waals surface area contributed by atoms with Gasteiger partial charge in [-0.3, -0.25) is 0 Å². The van der Waals surface area contributed by atoms with Gasteiger partial charge in [0.05, 0.1) is 5.41 Å². The van der Waals surface area contributed by atoms with Gasteiger partial charge in [-0.2, -0.15) is 0 Å². The smallest absolute Gasteiger partial charge is 0.0725 e. The van der Waals surface area contributed by atoms with E-state index in [4.69, 9.17) is 0 Å². The molecule has 2 heteroatoms. The van der Waals surface area contributed by atoms with E-state index in [9.17, 15) is 0 Å². The average Bonchev–Trinajstić information content (AvgIpc) is 3.03. The highest BCUT2D eigenvalue weighted by Crippen LogP contribution is 2.63. The molecule has 12 aromatic rings. The highest BCUT2D eigenvalue weighted by atomic mass is 15.2. The second-order valence-electron chi connectivity index (χ2n) is 22.4. The van der Waals surface area contributed by atoms with Crippen LogP contribution in [0.15, 0.2) is 279 Å². The van der Waals surface area contributed by atoms with Crippen LogP contribution < -0.4 is 9.80 Å².